The van der Waals surface area contributed by atoms with Crippen LogP contribution >= 0.6 is 0 Å². The first-order valence-corrected chi connectivity index (χ1v) is 2.26. The molecule has 1 heterocycles. The van der Waals surface area contributed by atoms with Crippen molar-refractivity contribution in [3.8, 4) is 0 Å². The highest BCUT2D eigenvalue weighted by atomic mass is 16.8. The second-order valence-corrected chi connectivity index (χ2v) is 1.49. The van der Waals surface area contributed by atoms with Gasteiger partial charge in [0.15, 0.2) is 0 Å². The minimum atomic E-state index is -1.02. The standard InChI is InChI=1S/C3H6N2O4/c4-5(7)3(6)9-2-1-8-2/h2,7H,1,4H2. The van der Waals surface area contributed by atoms with Gasteiger partial charge in [-0.15, -0.1) is 5.17 Å². The van der Waals surface area contributed by atoms with Gasteiger partial charge in [0.1, 0.15) is 6.61 Å². The Bertz CT molecular complexity index is 121. The largest absolute Gasteiger partial charge is 0.451 e. The molecule has 0 spiro atoms. The number of nitrogens with two attached hydrogens (primary N) is 1. The van der Waals surface area contributed by atoms with E-state index in [1.165, 1.54) is 0 Å². The number of epoxide rings is 1. The minimum absolute atomic E-state index is 0.137. The van der Waals surface area contributed by atoms with Gasteiger partial charge in [-0.1, -0.05) is 0 Å². The third kappa shape index (κ3) is 1.84. The number of amides is 1. The predicted molar refractivity (Wildman–Crippen MR) is 24.0 cm³/mol. The number of hydrazine groups is 1. The summed E-state index contributed by atoms with van der Waals surface area (Å²) < 4.78 is 8.81. The molecule has 0 aliphatic carbocycles. The van der Waals surface area contributed by atoms with Crippen LogP contribution in [0, 0.1) is 0 Å². The van der Waals surface area contributed by atoms with Gasteiger partial charge in [0.2, 0.25) is 6.29 Å². The molecule has 1 rings (SSSR count). The molecule has 0 saturated carbocycles. The highest BCUT2D eigenvalue weighted by molar-refractivity contribution is 5.65. The number of nitrogens with zero attached hydrogens (tertiary/aromatic N) is 1. The number of rotatable bonds is 1. The molecule has 6 nitrogen and oxygen atoms in total. The maximum absolute atomic E-state index is 10.2. The van der Waals surface area contributed by atoms with Crippen molar-refractivity contribution in [1.82, 2.24) is 5.17 Å². The topological polar surface area (TPSA) is 88.3 Å². The van der Waals surface area contributed by atoms with Crippen LogP contribution < -0.4 is 5.84 Å². The van der Waals surface area contributed by atoms with Gasteiger partial charge < -0.3 is 9.47 Å². The third-order valence-electron chi connectivity index (χ3n) is 0.722. The van der Waals surface area contributed by atoms with E-state index in [9.17, 15) is 4.79 Å². The highest BCUT2D eigenvalue weighted by Crippen LogP contribution is 2.10. The van der Waals surface area contributed by atoms with E-state index >= 15 is 0 Å². The maximum atomic E-state index is 10.2. The first-order valence-electron chi connectivity index (χ1n) is 2.26. The Balaban J connectivity index is 2.17. The molecule has 0 bridgehead atoms. The molecule has 0 aromatic carbocycles. The zero-order valence-electron chi connectivity index (χ0n) is 4.48. The molecule has 1 aliphatic heterocycles. The van der Waals surface area contributed by atoms with Crippen molar-refractivity contribution in [3.63, 3.8) is 0 Å². The second-order valence-electron chi connectivity index (χ2n) is 1.49. The van der Waals surface area contributed by atoms with Crippen LogP contribution in [0.4, 0.5) is 4.79 Å². The molecule has 0 aromatic rings. The number of hydrogen-bond donors (Lipinski definition) is 2. The fourth-order valence-electron chi connectivity index (χ4n) is 0.274. The molecule has 1 fully saturated rings. The van der Waals surface area contributed by atoms with Crippen LogP contribution in [0.2, 0.25) is 0 Å². The number of hydrogen-bond acceptors (Lipinski definition) is 5. The van der Waals surface area contributed by atoms with Gasteiger partial charge in [-0.2, -0.15) is 0 Å². The van der Waals surface area contributed by atoms with Gasteiger partial charge in [0.05, 0.1) is 0 Å². The average Bonchev–Trinajstić information content (AvgIpc) is 2.50. The average molecular weight is 134 g/mol. The zero-order valence-corrected chi connectivity index (χ0v) is 4.48. The minimum Gasteiger partial charge on any atom is -0.414 e. The SMILES string of the molecule is NN(O)C(=O)OC1CO1. The molecule has 1 saturated heterocycles. The summed E-state index contributed by atoms with van der Waals surface area (Å²) in [6.45, 7) is 0.375. The van der Waals surface area contributed by atoms with Gasteiger partial charge in [0.25, 0.3) is 0 Å². The van der Waals surface area contributed by atoms with E-state index < -0.39 is 12.4 Å². The third-order valence-corrected chi connectivity index (χ3v) is 0.722. The molecule has 1 aliphatic rings. The lowest BCUT2D eigenvalue weighted by molar-refractivity contribution is -0.0844. The first kappa shape index (κ1) is 6.27. The molecular weight excluding hydrogens is 128 g/mol. The van der Waals surface area contributed by atoms with E-state index in [2.05, 4.69) is 15.3 Å². The first-order chi connectivity index (χ1) is 4.20. The van der Waals surface area contributed by atoms with E-state index in [1.54, 1.807) is 0 Å². The van der Waals surface area contributed by atoms with Crippen LogP contribution in [0.1, 0.15) is 0 Å². The van der Waals surface area contributed by atoms with E-state index in [1.807, 2.05) is 0 Å². The van der Waals surface area contributed by atoms with E-state index in [0.29, 0.717) is 6.61 Å². The number of hydroxylamine groups is 1. The molecule has 3 N–H and O–H groups in total. The van der Waals surface area contributed by atoms with Crippen LogP contribution in [0.25, 0.3) is 0 Å². The predicted octanol–water partition coefficient (Wildman–Crippen LogP) is -0.956. The lowest BCUT2D eigenvalue weighted by Crippen LogP contribution is -2.34. The van der Waals surface area contributed by atoms with Crippen molar-refractivity contribution in [1.29, 1.82) is 0 Å². The smallest absolute Gasteiger partial charge is 0.414 e. The van der Waals surface area contributed by atoms with Crippen molar-refractivity contribution in [2.24, 2.45) is 5.84 Å². The number of carbonyl (C=O) groups is 1. The highest BCUT2D eigenvalue weighted by Gasteiger charge is 2.28. The molecule has 52 valence electrons. The summed E-state index contributed by atoms with van der Waals surface area (Å²) in [6, 6.07) is 0. The Morgan fingerprint density at radius 3 is 2.89 bits per heavy atom. The Hall–Kier alpha value is -0.850. The molecule has 6 heteroatoms. The molecule has 0 radical (unpaired) electrons. The van der Waals surface area contributed by atoms with Crippen LogP contribution in [0.15, 0.2) is 0 Å². The van der Waals surface area contributed by atoms with Gasteiger partial charge in [-0.25, -0.2) is 10.6 Å². The molecule has 1 amide bonds. The maximum Gasteiger partial charge on any atom is 0.451 e. The summed E-state index contributed by atoms with van der Waals surface area (Å²) in [5.41, 5.74) is 0. The Kier molecular flexibility index (Phi) is 1.52. The lowest BCUT2D eigenvalue weighted by atomic mass is 10.9. The molecule has 9 heavy (non-hydrogen) atoms. The van der Waals surface area contributed by atoms with Gasteiger partial charge in [-0.3, -0.25) is 5.21 Å². The number of carbonyl (C=O) groups excluding carboxylic acids is 1. The fraction of sp³-hybridized carbons (Fsp3) is 0.667. The molecule has 0 aromatic heterocycles. The Morgan fingerprint density at radius 2 is 2.56 bits per heavy atom. The Morgan fingerprint density at radius 1 is 2.00 bits per heavy atom. The van der Waals surface area contributed by atoms with Gasteiger partial charge in [-0.05, 0) is 0 Å². The van der Waals surface area contributed by atoms with Crippen LogP contribution in [-0.2, 0) is 9.47 Å². The lowest BCUT2D eigenvalue weighted by Gasteiger charge is -2.04. The van der Waals surface area contributed by atoms with Crippen molar-refractivity contribution in [2.45, 2.75) is 6.29 Å². The second kappa shape index (κ2) is 2.18. The fourth-order valence-corrected chi connectivity index (χ4v) is 0.274. The summed E-state index contributed by atoms with van der Waals surface area (Å²) in [5, 5.41) is 8.04. The molecule has 1 atom stereocenters. The Labute approximate surface area is 50.7 Å². The summed E-state index contributed by atoms with van der Waals surface area (Å²) >= 11 is 0. The van der Waals surface area contributed by atoms with E-state index in [-0.39, 0.29) is 5.17 Å². The molecule has 1 unspecified atom stereocenters. The van der Waals surface area contributed by atoms with Crippen molar-refractivity contribution in [2.75, 3.05) is 6.61 Å². The summed E-state index contributed by atoms with van der Waals surface area (Å²) in [4.78, 5) is 10.2. The van der Waals surface area contributed by atoms with Crippen LogP contribution in [0.3, 0.4) is 0 Å². The summed E-state index contributed by atoms with van der Waals surface area (Å²) in [6.07, 6.45) is -1.53. The van der Waals surface area contributed by atoms with Crippen molar-refractivity contribution >= 4 is 6.09 Å². The van der Waals surface area contributed by atoms with Gasteiger partial charge in [0, 0.05) is 0 Å². The summed E-state index contributed by atoms with van der Waals surface area (Å²) in [7, 11) is 0. The van der Waals surface area contributed by atoms with Crippen molar-refractivity contribution < 1.29 is 19.5 Å². The van der Waals surface area contributed by atoms with Crippen LogP contribution in [-0.4, -0.2) is 29.4 Å². The summed E-state index contributed by atoms with van der Waals surface area (Å²) in [5.74, 6) is 4.57. The van der Waals surface area contributed by atoms with Crippen molar-refractivity contribution in [3.05, 3.63) is 0 Å². The van der Waals surface area contributed by atoms with Crippen LogP contribution in [0.5, 0.6) is 0 Å². The zero-order chi connectivity index (χ0) is 6.85. The monoisotopic (exact) mass is 134 g/mol. The van der Waals surface area contributed by atoms with E-state index in [4.69, 9.17) is 5.21 Å². The van der Waals surface area contributed by atoms with E-state index in [0.717, 1.165) is 0 Å². The number of ether oxygens (including phenoxy) is 2. The normalized spacial score (nSPS) is 23.1. The molecular formula is C3H6N2O4. The quantitative estimate of drug-likeness (QED) is 0.158. The van der Waals surface area contributed by atoms with Gasteiger partial charge >= 0.3 is 6.09 Å².